The van der Waals surface area contributed by atoms with E-state index in [0.717, 1.165) is 69.9 Å². The van der Waals surface area contributed by atoms with Gasteiger partial charge in [-0.25, -0.2) is 24.9 Å². The third kappa shape index (κ3) is 4.24. The first-order valence-corrected chi connectivity index (χ1v) is 11.6. The largest absolute Gasteiger partial charge is 0.453 e. The quantitative estimate of drug-likeness (QED) is 0.416. The predicted octanol–water partition coefficient (Wildman–Crippen LogP) is 4.42. The van der Waals surface area contributed by atoms with Crippen molar-refractivity contribution in [3.63, 3.8) is 0 Å². The van der Waals surface area contributed by atoms with Crippen LogP contribution in [0.2, 0.25) is 0 Å². The Kier molecular flexibility index (Phi) is 5.12. The second-order valence-electron chi connectivity index (χ2n) is 8.14. The van der Waals surface area contributed by atoms with E-state index in [2.05, 4.69) is 48.9 Å². The van der Waals surface area contributed by atoms with Gasteiger partial charge in [-0.3, -0.25) is 4.90 Å². The molecule has 9 heteroatoms. The Morgan fingerprint density at radius 2 is 2.00 bits per heavy atom. The maximum absolute atomic E-state index is 6.09. The minimum absolute atomic E-state index is 0.677. The van der Waals surface area contributed by atoms with E-state index in [9.17, 15) is 0 Å². The number of hydrogen-bond donors (Lipinski definition) is 1. The first kappa shape index (κ1) is 20.1. The predicted molar refractivity (Wildman–Crippen MR) is 125 cm³/mol. The molecule has 0 atom stereocenters. The first-order chi connectivity index (χ1) is 16.2. The van der Waals surface area contributed by atoms with Crippen molar-refractivity contribution in [2.75, 3.05) is 6.54 Å². The highest BCUT2D eigenvalue weighted by Gasteiger charge is 2.20. The molecule has 1 aliphatic rings. The molecule has 0 saturated heterocycles. The second kappa shape index (κ2) is 8.42. The van der Waals surface area contributed by atoms with Crippen molar-refractivity contribution in [2.24, 2.45) is 0 Å². The second-order valence-corrected chi connectivity index (χ2v) is 9.13. The van der Waals surface area contributed by atoms with E-state index in [-0.39, 0.29) is 0 Å². The lowest BCUT2D eigenvalue weighted by molar-refractivity contribution is 0.218. The number of aromatic amines is 1. The number of rotatable bonds is 5. The van der Waals surface area contributed by atoms with Gasteiger partial charge in [0, 0.05) is 43.7 Å². The van der Waals surface area contributed by atoms with E-state index in [1.807, 2.05) is 24.4 Å². The molecular weight excluding hydrogens is 434 g/mol. The summed E-state index contributed by atoms with van der Waals surface area (Å²) in [6.45, 7) is 4.54. The maximum Gasteiger partial charge on any atom is 0.174 e. The molecule has 5 heterocycles. The molecule has 1 aliphatic heterocycles. The van der Waals surface area contributed by atoms with E-state index in [1.165, 1.54) is 23.7 Å². The molecule has 0 fully saturated rings. The normalized spacial score (nSPS) is 14.0. The monoisotopic (exact) mass is 455 g/mol. The number of imidazole rings is 1. The third-order valence-electron chi connectivity index (χ3n) is 5.66. The van der Waals surface area contributed by atoms with Gasteiger partial charge in [0.05, 0.1) is 28.8 Å². The van der Waals surface area contributed by atoms with Gasteiger partial charge in [-0.1, -0.05) is 6.07 Å². The highest BCUT2D eigenvalue weighted by atomic mass is 32.2. The lowest BCUT2D eigenvalue weighted by atomic mass is 10.1. The van der Waals surface area contributed by atoms with Gasteiger partial charge in [0.1, 0.15) is 12.1 Å². The van der Waals surface area contributed by atoms with Crippen molar-refractivity contribution in [3.05, 3.63) is 77.8 Å². The highest BCUT2D eigenvalue weighted by Crippen LogP contribution is 2.30. The van der Waals surface area contributed by atoms with Crippen LogP contribution >= 0.6 is 11.8 Å². The number of aryl methyl sites for hydroxylation is 1. The minimum atomic E-state index is 0.677. The molecule has 33 heavy (non-hydrogen) atoms. The summed E-state index contributed by atoms with van der Waals surface area (Å²) in [4.78, 5) is 27.7. The van der Waals surface area contributed by atoms with Crippen LogP contribution < -0.4 is 0 Å². The number of aromatic nitrogens is 6. The van der Waals surface area contributed by atoms with E-state index >= 15 is 0 Å². The molecular formula is C24H21N7OS. The van der Waals surface area contributed by atoms with Crippen LogP contribution in [0.5, 0.6) is 0 Å². The summed E-state index contributed by atoms with van der Waals surface area (Å²) < 4.78 is 6.09. The van der Waals surface area contributed by atoms with Gasteiger partial charge in [0.25, 0.3) is 0 Å². The number of hydrogen-bond acceptors (Lipinski definition) is 8. The average Bonchev–Trinajstić information content (AvgIpc) is 3.45. The lowest BCUT2D eigenvalue weighted by Crippen LogP contribution is -2.30. The Labute approximate surface area is 194 Å². The summed E-state index contributed by atoms with van der Waals surface area (Å²) in [5.74, 6) is 1.61. The molecule has 0 unspecified atom stereocenters. The van der Waals surface area contributed by atoms with Gasteiger partial charge >= 0.3 is 0 Å². The standard InChI is InChI=1S/C24H21N7OS/c1-15-2-4-20-21(8-15)30-24(29-20)33-22-5-3-18(32-22)13-31-7-6-19-17(12-31)11-27-23(28-19)16-9-25-14-26-10-16/h2-5,8-11,14H,6-7,12-13H2,1H3,(H,29,30). The van der Waals surface area contributed by atoms with Gasteiger partial charge in [-0.2, -0.15) is 0 Å². The molecule has 164 valence electrons. The van der Waals surface area contributed by atoms with Crippen molar-refractivity contribution in [1.29, 1.82) is 0 Å². The van der Waals surface area contributed by atoms with E-state index in [4.69, 9.17) is 9.40 Å². The number of fused-ring (bicyclic) bond motifs is 2. The van der Waals surface area contributed by atoms with Crippen LogP contribution in [0.4, 0.5) is 0 Å². The number of nitrogens with one attached hydrogen (secondary N) is 1. The van der Waals surface area contributed by atoms with Crippen molar-refractivity contribution < 1.29 is 4.42 Å². The molecule has 0 saturated carbocycles. The molecule has 1 N–H and O–H groups in total. The Balaban J connectivity index is 1.12. The summed E-state index contributed by atoms with van der Waals surface area (Å²) in [7, 11) is 0. The molecule has 0 radical (unpaired) electrons. The molecule has 0 spiro atoms. The number of H-pyrrole nitrogens is 1. The molecule has 4 aromatic heterocycles. The smallest absolute Gasteiger partial charge is 0.174 e. The van der Waals surface area contributed by atoms with E-state index < -0.39 is 0 Å². The summed E-state index contributed by atoms with van der Waals surface area (Å²) in [6, 6.07) is 10.3. The Hall–Kier alpha value is -3.56. The van der Waals surface area contributed by atoms with Gasteiger partial charge < -0.3 is 9.40 Å². The van der Waals surface area contributed by atoms with Crippen molar-refractivity contribution >= 4 is 22.8 Å². The zero-order valence-corrected chi connectivity index (χ0v) is 18.8. The molecule has 6 rings (SSSR count). The van der Waals surface area contributed by atoms with Gasteiger partial charge in [-0.15, -0.1) is 0 Å². The minimum Gasteiger partial charge on any atom is -0.453 e. The number of furan rings is 1. The van der Waals surface area contributed by atoms with Crippen LogP contribution in [0, 0.1) is 6.92 Å². The highest BCUT2D eigenvalue weighted by molar-refractivity contribution is 7.99. The fraction of sp³-hybridized carbons (Fsp3) is 0.208. The van der Waals surface area contributed by atoms with Crippen LogP contribution in [-0.4, -0.2) is 41.3 Å². The van der Waals surface area contributed by atoms with Crippen LogP contribution in [-0.2, 0) is 19.5 Å². The summed E-state index contributed by atoms with van der Waals surface area (Å²) in [5, 5.41) is 1.66. The van der Waals surface area contributed by atoms with Crippen LogP contribution in [0.1, 0.15) is 22.6 Å². The SMILES string of the molecule is Cc1ccc2nc(Sc3ccc(CN4CCc5nc(-c6cncnc6)ncc5C4)o3)[nH]c2c1. The number of nitrogens with zero attached hydrogens (tertiary/aromatic N) is 6. The molecule has 5 aromatic rings. The molecule has 0 amide bonds. The number of benzene rings is 1. The van der Waals surface area contributed by atoms with Crippen molar-refractivity contribution in [3.8, 4) is 11.4 Å². The Bertz CT molecular complexity index is 1430. The fourth-order valence-corrected chi connectivity index (χ4v) is 4.81. The third-order valence-corrected chi connectivity index (χ3v) is 6.47. The molecule has 8 nitrogen and oxygen atoms in total. The molecule has 0 bridgehead atoms. The Morgan fingerprint density at radius 3 is 2.91 bits per heavy atom. The van der Waals surface area contributed by atoms with Crippen LogP contribution in [0.25, 0.3) is 22.4 Å². The van der Waals surface area contributed by atoms with Crippen LogP contribution in [0.15, 0.2) is 69.9 Å². The Morgan fingerprint density at radius 1 is 1.09 bits per heavy atom. The summed E-state index contributed by atoms with van der Waals surface area (Å²) in [6.07, 6.45) is 7.78. The van der Waals surface area contributed by atoms with E-state index in [1.54, 1.807) is 12.4 Å². The summed E-state index contributed by atoms with van der Waals surface area (Å²) in [5.41, 5.74) is 6.30. The van der Waals surface area contributed by atoms with Crippen molar-refractivity contribution in [1.82, 2.24) is 34.8 Å². The topological polar surface area (TPSA) is 96.6 Å². The maximum atomic E-state index is 6.09. The molecule has 1 aromatic carbocycles. The average molecular weight is 456 g/mol. The molecule has 0 aliphatic carbocycles. The lowest BCUT2D eigenvalue weighted by Gasteiger charge is -2.27. The van der Waals surface area contributed by atoms with E-state index in [0.29, 0.717) is 5.82 Å². The summed E-state index contributed by atoms with van der Waals surface area (Å²) >= 11 is 1.51. The first-order valence-electron chi connectivity index (χ1n) is 10.7. The zero-order valence-electron chi connectivity index (χ0n) is 18.0. The van der Waals surface area contributed by atoms with Gasteiger partial charge in [0.15, 0.2) is 16.1 Å². The fourth-order valence-electron chi connectivity index (χ4n) is 4.03. The van der Waals surface area contributed by atoms with Gasteiger partial charge in [-0.05, 0) is 48.5 Å². The van der Waals surface area contributed by atoms with Crippen LogP contribution in [0.3, 0.4) is 0 Å². The zero-order chi connectivity index (χ0) is 22.2. The van der Waals surface area contributed by atoms with Gasteiger partial charge in [0.2, 0.25) is 0 Å². The van der Waals surface area contributed by atoms with Crippen molar-refractivity contribution in [2.45, 2.75) is 36.7 Å².